The minimum Gasteiger partial charge on any atom is -0.480 e. The van der Waals surface area contributed by atoms with E-state index in [0.717, 1.165) is 0 Å². The number of nitrogens with zero attached hydrogens (tertiary/aromatic N) is 1. The first-order chi connectivity index (χ1) is 5.06. The summed E-state index contributed by atoms with van der Waals surface area (Å²) in [7, 11) is 0. The molecule has 0 saturated heterocycles. The van der Waals surface area contributed by atoms with E-state index in [9.17, 15) is 4.79 Å². The molecule has 0 bridgehead atoms. The van der Waals surface area contributed by atoms with Crippen LogP contribution in [0.15, 0.2) is 0 Å². The zero-order valence-corrected chi connectivity index (χ0v) is 7.60. The van der Waals surface area contributed by atoms with Gasteiger partial charge in [0.2, 0.25) is 0 Å². The van der Waals surface area contributed by atoms with Crippen molar-refractivity contribution in [3.63, 3.8) is 0 Å². The van der Waals surface area contributed by atoms with Crippen molar-refractivity contribution in [2.45, 2.75) is 19.2 Å². The van der Waals surface area contributed by atoms with Crippen LogP contribution < -0.4 is 5.73 Å². The van der Waals surface area contributed by atoms with Crippen molar-refractivity contribution in [3.05, 3.63) is 0 Å². The summed E-state index contributed by atoms with van der Waals surface area (Å²) < 4.78 is 1.72. The van der Waals surface area contributed by atoms with Crippen LogP contribution in [0.1, 0.15) is 13.8 Å². The molecule has 11 heavy (non-hydrogen) atoms. The van der Waals surface area contributed by atoms with Crippen LogP contribution in [0, 0.1) is 0 Å². The van der Waals surface area contributed by atoms with Gasteiger partial charge >= 0.3 is 5.97 Å². The highest BCUT2D eigenvalue weighted by Crippen LogP contribution is 2.11. The molecule has 1 unspecified atom stereocenters. The van der Waals surface area contributed by atoms with Gasteiger partial charge in [-0.25, -0.2) is 4.31 Å². The molecule has 5 heteroatoms. The normalized spacial score (nSPS) is 13.5. The molecule has 0 rings (SSSR count). The van der Waals surface area contributed by atoms with Gasteiger partial charge in [0, 0.05) is 6.54 Å². The van der Waals surface area contributed by atoms with E-state index in [1.807, 2.05) is 13.8 Å². The van der Waals surface area contributed by atoms with E-state index in [2.05, 4.69) is 0 Å². The second-order valence-electron chi connectivity index (χ2n) is 2.16. The van der Waals surface area contributed by atoms with Crippen molar-refractivity contribution < 1.29 is 9.90 Å². The van der Waals surface area contributed by atoms with Crippen LogP contribution in [-0.2, 0) is 4.79 Å². The zero-order valence-electron chi connectivity index (χ0n) is 6.78. The summed E-state index contributed by atoms with van der Waals surface area (Å²) in [5.41, 5.74) is 5.47. The third-order valence-corrected chi connectivity index (χ3v) is 2.00. The van der Waals surface area contributed by atoms with E-state index < -0.39 is 5.97 Å². The number of likely N-dealkylation sites (N-methyl/N-ethyl adjacent to an activating group) is 1. The largest absolute Gasteiger partial charge is 0.480 e. The Hall–Kier alpha value is -0.260. The molecular weight excluding hydrogens is 164 g/mol. The smallest absolute Gasteiger partial charge is 0.318 e. The Morgan fingerprint density at radius 1 is 1.82 bits per heavy atom. The van der Waals surface area contributed by atoms with Crippen molar-refractivity contribution in [1.29, 1.82) is 0 Å². The molecule has 0 aromatic heterocycles. The van der Waals surface area contributed by atoms with E-state index >= 15 is 0 Å². The van der Waals surface area contributed by atoms with E-state index in [4.69, 9.17) is 10.8 Å². The van der Waals surface area contributed by atoms with Gasteiger partial charge < -0.3 is 10.8 Å². The number of carboxylic acids is 1. The van der Waals surface area contributed by atoms with Crippen LogP contribution in [0.5, 0.6) is 0 Å². The van der Waals surface area contributed by atoms with Gasteiger partial charge in [0.1, 0.15) is 6.54 Å². The summed E-state index contributed by atoms with van der Waals surface area (Å²) in [5.74, 6) is -0.819. The highest BCUT2D eigenvalue weighted by molar-refractivity contribution is 7.97. The van der Waals surface area contributed by atoms with Gasteiger partial charge in [-0.1, -0.05) is 18.9 Å². The number of hydrogen-bond donors (Lipinski definition) is 2. The third kappa shape index (κ3) is 6.15. The van der Waals surface area contributed by atoms with E-state index in [-0.39, 0.29) is 11.9 Å². The fourth-order valence-corrected chi connectivity index (χ4v) is 1.41. The first-order valence-electron chi connectivity index (χ1n) is 3.45. The monoisotopic (exact) mass is 178 g/mol. The topological polar surface area (TPSA) is 66.6 Å². The standard InChI is InChI=1S/C6H14N2O2S/c1-3-8(4-6(9)10)11-5(2)7/h5H,3-4,7H2,1-2H3,(H,9,10). The Labute approximate surface area is 70.9 Å². The second-order valence-corrected chi connectivity index (χ2v) is 3.63. The number of aliphatic carboxylic acids is 1. The van der Waals surface area contributed by atoms with Crippen molar-refractivity contribution in [1.82, 2.24) is 4.31 Å². The summed E-state index contributed by atoms with van der Waals surface area (Å²) in [6.45, 7) is 4.47. The van der Waals surface area contributed by atoms with Crippen LogP contribution in [0.2, 0.25) is 0 Å². The van der Waals surface area contributed by atoms with Gasteiger partial charge in [-0.3, -0.25) is 4.79 Å². The van der Waals surface area contributed by atoms with Crippen molar-refractivity contribution in [2.75, 3.05) is 13.1 Å². The minimum atomic E-state index is -0.819. The summed E-state index contributed by atoms with van der Waals surface area (Å²) in [6.07, 6.45) is 0. The molecule has 0 aliphatic heterocycles. The van der Waals surface area contributed by atoms with E-state index in [0.29, 0.717) is 6.54 Å². The molecule has 0 aromatic rings. The van der Waals surface area contributed by atoms with Crippen molar-refractivity contribution in [2.24, 2.45) is 5.73 Å². The molecule has 1 atom stereocenters. The maximum absolute atomic E-state index is 10.3. The zero-order chi connectivity index (χ0) is 8.85. The lowest BCUT2D eigenvalue weighted by atomic mass is 10.6. The molecule has 0 aliphatic rings. The molecule has 4 nitrogen and oxygen atoms in total. The molecule has 0 aliphatic carbocycles. The van der Waals surface area contributed by atoms with Gasteiger partial charge in [-0.2, -0.15) is 0 Å². The predicted molar refractivity (Wildman–Crippen MR) is 46.1 cm³/mol. The summed E-state index contributed by atoms with van der Waals surface area (Å²) >= 11 is 1.36. The average Bonchev–Trinajstić information content (AvgIpc) is 1.84. The first-order valence-corrected chi connectivity index (χ1v) is 4.29. The number of rotatable bonds is 5. The Bertz CT molecular complexity index is 130. The molecule has 0 spiro atoms. The fourth-order valence-electron chi connectivity index (χ4n) is 0.610. The number of carboxylic acid groups (broad SMARTS) is 1. The SMILES string of the molecule is CCN(CC(=O)O)SC(C)N. The Kier molecular flexibility index (Phi) is 5.27. The molecule has 0 saturated carbocycles. The average molecular weight is 178 g/mol. The van der Waals surface area contributed by atoms with Crippen LogP contribution in [0.4, 0.5) is 0 Å². The first kappa shape index (κ1) is 10.7. The molecule has 0 fully saturated rings. The summed E-state index contributed by atoms with van der Waals surface area (Å²) in [6, 6.07) is 0. The van der Waals surface area contributed by atoms with Crippen molar-refractivity contribution in [3.8, 4) is 0 Å². The molecule has 0 amide bonds. The van der Waals surface area contributed by atoms with Crippen LogP contribution in [0.3, 0.4) is 0 Å². The minimum absolute atomic E-state index is 0.0444. The molecule has 0 radical (unpaired) electrons. The maximum Gasteiger partial charge on any atom is 0.318 e. The molecule has 66 valence electrons. The molecule has 0 aromatic carbocycles. The third-order valence-electron chi connectivity index (χ3n) is 0.980. The van der Waals surface area contributed by atoms with E-state index in [1.165, 1.54) is 11.9 Å². The van der Waals surface area contributed by atoms with Crippen LogP contribution >= 0.6 is 11.9 Å². The van der Waals surface area contributed by atoms with Crippen LogP contribution in [0.25, 0.3) is 0 Å². The summed E-state index contributed by atoms with van der Waals surface area (Å²) in [5, 5.41) is 8.39. The molecule has 0 heterocycles. The lowest BCUT2D eigenvalue weighted by Gasteiger charge is -2.18. The quantitative estimate of drug-likeness (QED) is 0.469. The maximum atomic E-state index is 10.3. The lowest BCUT2D eigenvalue weighted by molar-refractivity contribution is -0.137. The fraction of sp³-hybridized carbons (Fsp3) is 0.833. The van der Waals surface area contributed by atoms with Gasteiger partial charge in [-0.05, 0) is 6.92 Å². The van der Waals surface area contributed by atoms with Gasteiger partial charge in [-0.15, -0.1) is 0 Å². The Balaban J connectivity index is 3.66. The van der Waals surface area contributed by atoms with Gasteiger partial charge in [0.25, 0.3) is 0 Å². The second kappa shape index (κ2) is 5.40. The molecular formula is C6H14N2O2S. The molecule has 3 N–H and O–H groups in total. The number of hydrogen-bond acceptors (Lipinski definition) is 4. The number of carbonyl (C=O) groups is 1. The lowest BCUT2D eigenvalue weighted by Crippen LogP contribution is -2.27. The summed E-state index contributed by atoms with van der Waals surface area (Å²) in [4.78, 5) is 10.3. The van der Waals surface area contributed by atoms with Gasteiger partial charge in [0.05, 0.1) is 5.37 Å². The van der Waals surface area contributed by atoms with E-state index in [1.54, 1.807) is 4.31 Å². The number of nitrogens with two attached hydrogens (primary N) is 1. The highest BCUT2D eigenvalue weighted by atomic mass is 32.2. The predicted octanol–water partition coefficient (Wildman–Crippen LogP) is 0.346. The van der Waals surface area contributed by atoms with Crippen LogP contribution in [-0.4, -0.2) is 33.8 Å². The van der Waals surface area contributed by atoms with Gasteiger partial charge in [0.15, 0.2) is 0 Å². The van der Waals surface area contributed by atoms with Crippen molar-refractivity contribution >= 4 is 17.9 Å². The Morgan fingerprint density at radius 2 is 2.36 bits per heavy atom. The highest BCUT2D eigenvalue weighted by Gasteiger charge is 2.09. The Morgan fingerprint density at radius 3 is 2.64 bits per heavy atom.